The van der Waals surface area contributed by atoms with E-state index in [1.54, 1.807) is 0 Å². The van der Waals surface area contributed by atoms with E-state index >= 15 is 0 Å². The molecule has 1 aliphatic heterocycles. The number of carbonyl (C=O) groups excluding carboxylic acids is 1. The Morgan fingerprint density at radius 1 is 1.29 bits per heavy atom. The van der Waals surface area contributed by atoms with Gasteiger partial charge in [-0.15, -0.1) is 0 Å². The molecule has 100 valence electrons. The predicted molar refractivity (Wildman–Crippen MR) is 52.3 cm³/mol. The lowest BCUT2D eigenvalue weighted by Gasteiger charge is -2.29. The van der Waals surface area contributed by atoms with Crippen molar-refractivity contribution in [2.24, 2.45) is 0 Å². The van der Waals surface area contributed by atoms with Crippen molar-refractivity contribution in [3.8, 4) is 0 Å². The number of alkyl halides is 4. The minimum Gasteiger partial charge on any atom is -0.444 e. The van der Waals surface area contributed by atoms with Gasteiger partial charge in [0.05, 0.1) is 6.54 Å². The highest BCUT2D eigenvalue weighted by molar-refractivity contribution is 5.69. The molecule has 0 unspecified atom stereocenters. The summed E-state index contributed by atoms with van der Waals surface area (Å²) in [6.45, 7) is 4.04. The smallest absolute Gasteiger partial charge is 0.410 e. The zero-order valence-electron chi connectivity index (χ0n) is 9.84. The second-order valence-corrected chi connectivity index (χ2v) is 5.02. The summed E-state index contributed by atoms with van der Waals surface area (Å²) in [5.41, 5.74) is -0.901. The number of amides is 1. The molecule has 17 heavy (non-hydrogen) atoms. The van der Waals surface area contributed by atoms with Gasteiger partial charge in [0.1, 0.15) is 17.8 Å². The summed E-state index contributed by atoms with van der Waals surface area (Å²) in [4.78, 5) is 11.9. The summed E-state index contributed by atoms with van der Waals surface area (Å²) >= 11 is 0. The fourth-order valence-corrected chi connectivity index (χ4v) is 1.62. The Kier molecular flexibility index (Phi) is 3.59. The van der Waals surface area contributed by atoms with Gasteiger partial charge in [-0.1, -0.05) is 0 Å². The normalized spacial score (nSPS) is 26.2. The molecule has 0 spiro atoms. The van der Waals surface area contributed by atoms with E-state index < -0.39 is 43.0 Å². The topological polar surface area (TPSA) is 29.5 Å². The Morgan fingerprint density at radius 3 is 2.24 bits per heavy atom. The highest BCUT2D eigenvalue weighted by atomic mass is 19.4. The average molecular weight is 257 g/mol. The minimum atomic E-state index is -4.63. The van der Waals surface area contributed by atoms with E-state index in [-0.39, 0.29) is 0 Å². The van der Waals surface area contributed by atoms with Crippen molar-refractivity contribution < 1.29 is 27.1 Å². The third-order valence-electron chi connectivity index (χ3n) is 2.26. The number of carbonyl (C=O) groups is 1. The molecular weight excluding hydrogens is 242 g/mol. The molecule has 0 bridgehead atoms. The van der Waals surface area contributed by atoms with Crippen molar-refractivity contribution in [1.82, 2.24) is 4.90 Å². The van der Waals surface area contributed by atoms with Gasteiger partial charge in [0.15, 0.2) is 0 Å². The van der Waals surface area contributed by atoms with Crippen molar-refractivity contribution in [3.63, 3.8) is 0 Å². The fourth-order valence-electron chi connectivity index (χ4n) is 1.62. The van der Waals surface area contributed by atoms with Crippen LogP contribution in [0.1, 0.15) is 27.2 Å². The molecule has 3 nitrogen and oxygen atoms in total. The molecule has 0 N–H and O–H groups in total. The molecular formula is C10H15F4NO2. The quantitative estimate of drug-likeness (QED) is 0.624. The second kappa shape index (κ2) is 4.34. The summed E-state index contributed by atoms with van der Waals surface area (Å²) in [5.74, 6) is 0. The van der Waals surface area contributed by atoms with Crippen LogP contribution in [0, 0.1) is 0 Å². The number of likely N-dealkylation sites (tertiary alicyclic amines) is 1. The van der Waals surface area contributed by atoms with E-state index in [0.29, 0.717) is 4.90 Å². The Labute approximate surface area is 96.7 Å². The van der Waals surface area contributed by atoms with E-state index in [9.17, 15) is 22.4 Å². The fraction of sp³-hybridized carbons (Fsp3) is 0.900. The third-order valence-corrected chi connectivity index (χ3v) is 2.26. The zero-order chi connectivity index (χ0) is 13.4. The second-order valence-electron chi connectivity index (χ2n) is 5.02. The average Bonchev–Trinajstić information content (AvgIpc) is 2.43. The van der Waals surface area contributed by atoms with E-state index in [1.165, 1.54) is 20.8 Å². The highest BCUT2D eigenvalue weighted by Crippen LogP contribution is 2.34. The Balaban J connectivity index is 2.78. The van der Waals surface area contributed by atoms with E-state index in [2.05, 4.69) is 0 Å². The third kappa shape index (κ3) is 3.74. The lowest BCUT2D eigenvalue weighted by atomic mass is 10.2. The maximum absolute atomic E-state index is 13.0. The van der Waals surface area contributed by atoms with Crippen LogP contribution in [0.5, 0.6) is 0 Å². The maximum atomic E-state index is 13.0. The first-order chi connectivity index (χ1) is 7.50. The minimum absolute atomic E-state index is 0.413. The van der Waals surface area contributed by atoms with Gasteiger partial charge in [-0.3, -0.25) is 4.90 Å². The SMILES string of the molecule is CC(C)(C)OC(=O)N1C[C@H](F)C[C@H]1C(F)(F)F. The molecule has 0 aromatic heterocycles. The highest BCUT2D eigenvalue weighted by Gasteiger charge is 2.52. The number of nitrogens with zero attached hydrogens (tertiary/aromatic N) is 1. The van der Waals surface area contributed by atoms with Crippen molar-refractivity contribution in [2.75, 3.05) is 6.54 Å². The van der Waals surface area contributed by atoms with E-state index in [4.69, 9.17) is 4.74 Å². The number of rotatable bonds is 0. The molecule has 1 aliphatic rings. The van der Waals surface area contributed by atoms with E-state index in [1.807, 2.05) is 0 Å². The molecule has 1 rings (SSSR count). The molecule has 0 aromatic carbocycles. The maximum Gasteiger partial charge on any atom is 0.410 e. The first-order valence-electron chi connectivity index (χ1n) is 5.21. The van der Waals surface area contributed by atoms with Gasteiger partial charge in [0.25, 0.3) is 0 Å². The van der Waals surface area contributed by atoms with E-state index in [0.717, 1.165) is 0 Å². The van der Waals surface area contributed by atoms with Gasteiger partial charge in [-0.2, -0.15) is 13.2 Å². The Hall–Kier alpha value is -1.01. The van der Waals surface area contributed by atoms with Crippen molar-refractivity contribution in [1.29, 1.82) is 0 Å². The lowest BCUT2D eigenvalue weighted by Crippen LogP contribution is -2.46. The molecule has 0 aromatic rings. The molecule has 0 radical (unpaired) electrons. The summed E-state index contributed by atoms with van der Waals surface area (Å²) in [6.07, 6.45) is -8.13. The van der Waals surface area contributed by atoms with Crippen LogP contribution in [0.15, 0.2) is 0 Å². The first-order valence-corrected chi connectivity index (χ1v) is 5.21. The van der Waals surface area contributed by atoms with Crippen molar-refractivity contribution >= 4 is 6.09 Å². The van der Waals surface area contributed by atoms with Gasteiger partial charge < -0.3 is 4.74 Å². The zero-order valence-corrected chi connectivity index (χ0v) is 9.84. The number of ether oxygens (including phenoxy) is 1. The molecule has 1 fully saturated rings. The number of halogens is 4. The van der Waals surface area contributed by atoms with Gasteiger partial charge in [-0.05, 0) is 20.8 Å². The number of hydrogen-bond donors (Lipinski definition) is 0. The van der Waals surface area contributed by atoms with Gasteiger partial charge in [0.2, 0.25) is 0 Å². The number of hydrogen-bond acceptors (Lipinski definition) is 2. The van der Waals surface area contributed by atoms with Crippen molar-refractivity contribution in [3.05, 3.63) is 0 Å². The summed E-state index contributed by atoms with van der Waals surface area (Å²) < 4.78 is 55.5. The van der Waals surface area contributed by atoms with Crippen LogP contribution in [0.2, 0.25) is 0 Å². The summed E-state index contributed by atoms with van der Waals surface area (Å²) in [6, 6.07) is -2.09. The molecule has 0 aliphatic carbocycles. The molecule has 1 amide bonds. The van der Waals surface area contributed by atoms with Crippen LogP contribution in [-0.2, 0) is 4.74 Å². The van der Waals surface area contributed by atoms with Crippen LogP contribution in [0.4, 0.5) is 22.4 Å². The van der Waals surface area contributed by atoms with Gasteiger partial charge in [-0.25, -0.2) is 9.18 Å². The van der Waals surface area contributed by atoms with Crippen molar-refractivity contribution in [2.45, 2.75) is 51.2 Å². The van der Waals surface area contributed by atoms with Crippen LogP contribution < -0.4 is 0 Å². The summed E-state index contributed by atoms with van der Waals surface area (Å²) in [7, 11) is 0. The summed E-state index contributed by atoms with van der Waals surface area (Å²) in [5, 5.41) is 0. The monoisotopic (exact) mass is 257 g/mol. The largest absolute Gasteiger partial charge is 0.444 e. The van der Waals surface area contributed by atoms with Gasteiger partial charge in [0, 0.05) is 6.42 Å². The standard InChI is InChI=1S/C10H15F4NO2/c1-9(2,3)17-8(16)15-5-6(11)4-7(15)10(12,13)14/h6-7H,4-5H2,1-3H3/t6-,7+/m1/s1. The van der Waals surface area contributed by atoms with Crippen LogP contribution in [0.3, 0.4) is 0 Å². The molecule has 7 heteroatoms. The molecule has 0 saturated carbocycles. The van der Waals surface area contributed by atoms with Crippen LogP contribution >= 0.6 is 0 Å². The van der Waals surface area contributed by atoms with Crippen LogP contribution in [-0.4, -0.2) is 41.5 Å². The predicted octanol–water partition coefficient (Wildman–Crippen LogP) is 2.90. The van der Waals surface area contributed by atoms with Gasteiger partial charge >= 0.3 is 12.3 Å². The molecule has 2 atom stereocenters. The Bertz CT molecular complexity index is 298. The Morgan fingerprint density at radius 2 is 1.82 bits per heavy atom. The molecule has 1 saturated heterocycles. The first kappa shape index (κ1) is 14.1. The molecule has 1 heterocycles. The van der Waals surface area contributed by atoms with Crippen LogP contribution in [0.25, 0.3) is 0 Å². The lowest BCUT2D eigenvalue weighted by molar-refractivity contribution is -0.173.